The molecule has 1 heterocycles. The van der Waals surface area contributed by atoms with Crippen LogP contribution in [-0.4, -0.2) is 31.0 Å². The van der Waals surface area contributed by atoms with Gasteiger partial charge in [0.1, 0.15) is 0 Å². The molecule has 5 heteroatoms. The maximum atomic E-state index is 7.21. The Kier molecular flexibility index (Phi) is 5.26. The minimum absolute atomic E-state index is 0.184. The molecule has 94 valence electrons. The van der Waals surface area contributed by atoms with Crippen molar-refractivity contribution in [3.8, 4) is 5.75 Å². The van der Waals surface area contributed by atoms with Crippen LogP contribution in [0.4, 0.5) is 5.82 Å². The molecule has 0 unspecified atom stereocenters. The van der Waals surface area contributed by atoms with Crippen LogP contribution >= 0.6 is 0 Å². The van der Waals surface area contributed by atoms with Crippen LogP contribution in [0.3, 0.4) is 0 Å². The Morgan fingerprint density at radius 1 is 1.59 bits per heavy atom. The largest absolute Gasteiger partial charge is 0.490 e. The van der Waals surface area contributed by atoms with Crippen LogP contribution < -0.4 is 15.4 Å². The van der Waals surface area contributed by atoms with Crippen molar-refractivity contribution in [2.75, 3.05) is 25.1 Å². The summed E-state index contributed by atoms with van der Waals surface area (Å²) in [4.78, 5) is 6.25. The van der Waals surface area contributed by atoms with E-state index in [4.69, 9.17) is 15.9 Å². The summed E-state index contributed by atoms with van der Waals surface area (Å²) in [6.07, 6.45) is 3.23. The van der Waals surface area contributed by atoms with Gasteiger partial charge in [-0.2, -0.15) is 0 Å². The maximum absolute atomic E-state index is 7.21. The molecule has 0 aromatic carbocycles. The lowest BCUT2D eigenvalue weighted by Gasteiger charge is -2.20. The fourth-order valence-corrected chi connectivity index (χ4v) is 1.39. The van der Waals surface area contributed by atoms with Crippen molar-refractivity contribution >= 4 is 11.7 Å². The van der Waals surface area contributed by atoms with E-state index in [9.17, 15) is 0 Å². The van der Waals surface area contributed by atoms with Crippen molar-refractivity contribution < 1.29 is 4.74 Å². The van der Waals surface area contributed by atoms with Crippen LogP contribution in [0, 0.1) is 5.41 Å². The number of aromatic nitrogens is 1. The third-order valence-electron chi connectivity index (χ3n) is 2.29. The predicted molar refractivity (Wildman–Crippen MR) is 69.8 cm³/mol. The molecule has 0 saturated carbocycles. The summed E-state index contributed by atoms with van der Waals surface area (Å²) in [6.45, 7) is 3.41. The highest BCUT2D eigenvalue weighted by Crippen LogP contribution is 2.24. The molecule has 3 N–H and O–H groups in total. The van der Waals surface area contributed by atoms with Crippen molar-refractivity contribution in [1.82, 2.24) is 4.98 Å². The number of hydrogen-bond donors (Lipinski definition) is 2. The smallest absolute Gasteiger partial charge is 0.171 e. The maximum Gasteiger partial charge on any atom is 0.171 e. The Morgan fingerprint density at radius 3 is 3.00 bits per heavy atom. The lowest BCUT2D eigenvalue weighted by atomic mass is 10.3. The second kappa shape index (κ2) is 6.73. The van der Waals surface area contributed by atoms with Crippen LogP contribution in [-0.2, 0) is 0 Å². The van der Waals surface area contributed by atoms with E-state index in [2.05, 4.69) is 11.9 Å². The van der Waals surface area contributed by atoms with Gasteiger partial charge in [-0.15, -0.1) is 0 Å². The van der Waals surface area contributed by atoms with Crippen LogP contribution in [0.15, 0.2) is 18.3 Å². The summed E-state index contributed by atoms with van der Waals surface area (Å²) in [5, 5.41) is 7.21. The average Bonchev–Trinajstić information content (AvgIpc) is 2.33. The molecule has 0 spiro atoms. The number of anilines is 1. The summed E-state index contributed by atoms with van der Waals surface area (Å²) in [7, 11) is 1.92. The molecule has 1 rings (SSSR count). The van der Waals surface area contributed by atoms with Gasteiger partial charge >= 0.3 is 0 Å². The lowest BCUT2D eigenvalue weighted by Crippen LogP contribution is -2.25. The SMILES string of the molecule is CCCOc1cccnc1N(C)CCC(=N)N. The van der Waals surface area contributed by atoms with Gasteiger partial charge in [0.15, 0.2) is 11.6 Å². The van der Waals surface area contributed by atoms with Crippen LogP contribution in [0.5, 0.6) is 5.75 Å². The van der Waals surface area contributed by atoms with Gasteiger partial charge in [0.2, 0.25) is 0 Å². The van der Waals surface area contributed by atoms with E-state index in [0.29, 0.717) is 19.6 Å². The third-order valence-corrected chi connectivity index (χ3v) is 2.29. The van der Waals surface area contributed by atoms with Crippen molar-refractivity contribution in [3.63, 3.8) is 0 Å². The standard InChI is InChI=1S/C12H20N4O/c1-3-9-17-10-5-4-7-15-12(10)16(2)8-6-11(13)14/h4-5,7H,3,6,8-9H2,1-2H3,(H3,13,14). The van der Waals surface area contributed by atoms with Crippen LogP contribution in [0.1, 0.15) is 19.8 Å². The first kappa shape index (κ1) is 13.3. The van der Waals surface area contributed by atoms with Gasteiger partial charge in [-0.1, -0.05) is 6.92 Å². The van der Waals surface area contributed by atoms with Crippen LogP contribution in [0.2, 0.25) is 0 Å². The molecule has 0 atom stereocenters. The summed E-state index contributed by atoms with van der Waals surface area (Å²) in [5.74, 6) is 1.76. The highest BCUT2D eigenvalue weighted by atomic mass is 16.5. The molecule has 1 aromatic rings. The molecule has 0 bridgehead atoms. The van der Waals surface area contributed by atoms with Gasteiger partial charge in [-0.3, -0.25) is 5.41 Å². The number of amidine groups is 1. The van der Waals surface area contributed by atoms with E-state index in [0.717, 1.165) is 18.0 Å². The van der Waals surface area contributed by atoms with Gasteiger partial charge in [0, 0.05) is 26.2 Å². The molecule has 0 aliphatic carbocycles. The molecule has 0 fully saturated rings. The highest BCUT2D eigenvalue weighted by molar-refractivity contribution is 5.77. The molecule has 0 aliphatic heterocycles. The zero-order chi connectivity index (χ0) is 12.7. The van der Waals surface area contributed by atoms with E-state index in [1.807, 2.05) is 24.1 Å². The Hall–Kier alpha value is -1.78. The zero-order valence-electron chi connectivity index (χ0n) is 10.4. The first-order chi connectivity index (χ1) is 8.15. The average molecular weight is 236 g/mol. The molecule has 17 heavy (non-hydrogen) atoms. The van der Waals surface area contributed by atoms with E-state index in [1.54, 1.807) is 6.20 Å². The minimum Gasteiger partial charge on any atom is -0.490 e. The van der Waals surface area contributed by atoms with Gasteiger partial charge in [-0.05, 0) is 18.6 Å². The molecule has 5 nitrogen and oxygen atoms in total. The van der Waals surface area contributed by atoms with E-state index in [1.165, 1.54) is 0 Å². The number of hydrogen-bond acceptors (Lipinski definition) is 4. The minimum atomic E-state index is 0.184. The van der Waals surface area contributed by atoms with E-state index >= 15 is 0 Å². The van der Waals surface area contributed by atoms with Gasteiger partial charge in [0.05, 0.1) is 12.4 Å². The number of nitrogens with two attached hydrogens (primary N) is 1. The van der Waals surface area contributed by atoms with Gasteiger partial charge in [0.25, 0.3) is 0 Å². The van der Waals surface area contributed by atoms with E-state index in [-0.39, 0.29) is 5.84 Å². The molecule has 1 aromatic heterocycles. The third kappa shape index (κ3) is 4.30. The quantitative estimate of drug-likeness (QED) is 0.557. The fraction of sp³-hybridized carbons (Fsp3) is 0.500. The molecule has 0 amide bonds. The Morgan fingerprint density at radius 2 is 2.35 bits per heavy atom. The number of nitrogens with zero attached hydrogens (tertiary/aromatic N) is 2. The summed E-state index contributed by atoms with van der Waals surface area (Å²) >= 11 is 0. The lowest BCUT2D eigenvalue weighted by molar-refractivity contribution is 0.317. The van der Waals surface area contributed by atoms with Crippen molar-refractivity contribution in [2.45, 2.75) is 19.8 Å². The van der Waals surface area contributed by atoms with Crippen molar-refractivity contribution in [1.29, 1.82) is 5.41 Å². The molecule has 0 aliphatic rings. The summed E-state index contributed by atoms with van der Waals surface area (Å²) < 4.78 is 5.63. The first-order valence-electron chi connectivity index (χ1n) is 5.77. The molecule has 0 saturated heterocycles. The van der Waals surface area contributed by atoms with Crippen LogP contribution in [0.25, 0.3) is 0 Å². The second-order valence-corrected chi connectivity index (χ2v) is 3.87. The Labute approximate surface area is 102 Å². The molecular weight excluding hydrogens is 216 g/mol. The summed E-state index contributed by atoms with van der Waals surface area (Å²) in [6, 6.07) is 3.76. The monoisotopic (exact) mass is 236 g/mol. The van der Waals surface area contributed by atoms with Crippen molar-refractivity contribution in [3.05, 3.63) is 18.3 Å². The zero-order valence-corrected chi connectivity index (χ0v) is 10.4. The topological polar surface area (TPSA) is 75.2 Å². The van der Waals surface area contributed by atoms with Gasteiger partial charge < -0.3 is 15.4 Å². The second-order valence-electron chi connectivity index (χ2n) is 3.87. The molecular formula is C12H20N4O. The molecule has 0 radical (unpaired) electrons. The predicted octanol–water partition coefficient (Wildman–Crippen LogP) is 1.63. The summed E-state index contributed by atoms with van der Waals surface area (Å²) in [5.41, 5.74) is 5.34. The number of pyridine rings is 1. The fourth-order valence-electron chi connectivity index (χ4n) is 1.39. The Balaban J connectivity index is 2.70. The highest BCUT2D eigenvalue weighted by Gasteiger charge is 2.09. The normalized spacial score (nSPS) is 10.0. The number of rotatable bonds is 7. The van der Waals surface area contributed by atoms with Crippen molar-refractivity contribution in [2.24, 2.45) is 5.73 Å². The first-order valence-corrected chi connectivity index (χ1v) is 5.77. The number of nitrogens with one attached hydrogen (secondary N) is 1. The van der Waals surface area contributed by atoms with Gasteiger partial charge in [-0.25, -0.2) is 4.98 Å². The Bertz CT molecular complexity index is 367. The number of ether oxygens (including phenoxy) is 1. The van der Waals surface area contributed by atoms with E-state index < -0.39 is 0 Å².